The van der Waals surface area contributed by atoms with Crippen molar-refractivity contribution in [3.63, 3.8) is 0 Å². The Hall–Kier alpha value is -1.92. The molecule has 3 N–H and O–H groups in total. The highest BCUT2D eigenvalue weighted by Crippen LogP contribution is 2.14. The summed E-state index contributed by atoms with van der Waals surface area (Å²) in [4.78, 5) is 24.3. The van der Waals surface area contributed by atoms with Gasteiger partial charge in [0, 0.05) is 12.8 Å². The molecule has 0 spiro atoms. The van der Waals surface area contributed by atoms with Gasteiger partial charge in [0.2, 0.25) is 5.91 Å². The van der Waals surface area contributed by atoms with E-state index in [4.69, 9.17) is 4.74 Å². The third-order valence-electron chi connectivity index (χ3n) is 10.2. The molecular formula is C47H87NO5. The van der Waals surface area contributed by atoms with Gasteiger partial charge in [-0.05, 0) is 77.0 Å². The summed E-state index contributed by atoms with van der Waals surface area (Å²) in [5.74, 6) is -0.0986. The van der Waals surface area contributed by atoms with Gasteiger partial charge >= 0.3 is 5.97 Å². The van der Waals surface area contributed by atoms with Gasteiger partial charge in [-0.3, -0.25) is 9.59 Å². The van der Waals surface area contributed by atoms with E-state index in [0.29, 0.717) is 25.9 Å². The average molecular weight is 746 g/mol. The van der Waals surface area contributed by atoms with Crippen molar-refractivity contribution in [2.24, 2.45) is 0 Å². The maximum atomic E-state index is 12.3. The molecule has 6 heteroatoms. The van der Waals surface area contributed by atoms with Crippen LogP contribution >= 0.6 is 0 Å². The average Bonchev–Trinajstić information content (AvgIpc) is 3.16. The van der Waals surface area contributed by atoms with Gasteiger partial charge in [-0.15, -0.1) is 0 Å². The number of amides is 1. The van der Waals surface area contributed by atoms with E-state index < -0.39 is 12.1 Å². The van der Waals surface area contributed by atoms with Crippen molar-refractivity contribution in [1.82, 2.24) is 5.32 Å². The van der Waals surface area contributed by atoms with Crippen LogP contribution in [0.3, 0.4) is 0 Å². The van der Waals surface area contributed by atoms with E-state index in [-0.39, 0.29) is 18.5 Å². The van der Waals surface area contributed by atoms with E-state index in [1.807, 2.05) is 0 Å². The molecule has 0 aliphatic rings. The summed E-state index contributed by atoms with van der Waals surface area (Å²) in [6, 6.07) is -0.560. The molecule has 0 radical (unpaired) electrons. The number of carbonyl (C=O) groups excluding carboxylic acids is 2. The zero-order valence-corrected chi connectivity index (χ0v) is 35.0. The Labute approximate surface area is 328 Å². The van der Waals surface area contributed by atoms with Crippen LogP contribution in [-0.2, 0) is 14.3 Å². The lowest BCUT2D eigenvalue weighted by molar-refractivity contribution is -0.143. The molecule has 0 aliphatic carbocycles. The largest absolute Gasteiger partial charge is 0.466 e. The summed E-state index contributed by atoms with van der Waals surface area (Å²) >= 11 is 0. The van der Waals surface area contributed by atoms with E-state index in [1.165, 1.54) is 109 Å². The normalized spacial score (nSPS) is 13.1. The highest BCUT2D eigenvalue weighted by Gasteiger charge is 2.20. The molecule has 2 unspecified atom stereocenters. The van der Waals surface area contributed by atoms with E-state index in [2.05, 4.69) is 55.6 Å². The number of aliphatic hydroxyl groups is 2. The predicted molar refractivity (Wildman–Crippen MR) is 227 cm³/mol. The van der Waals surface area contributed by atoms with Crippen LogP contribution in [0.5, 0.6) is 0 Å². The first-order chi connectivity index (χ1) is 26.0. The van der Waals surface area contributed by atoms with Crippen LogP contribution in [0.15, 0.2) is 36.5 Å². The highest BCUT2D eigenvalue weighted by atomic mass is 16.5. The van der Waals surface area contributed by atoms with Crippen LogP contribution in [0.4, 0.5) is 0 Å². The number of unbranched alkanes of at least 4 members (excludes halogenated alkanes) is 24. The first-order valence-electron chi connectivity index (χ1n) is 22.7. The minimum atomic E-state index is -0.679. The number of nitrogens with one attached hydrogen (secondary N) is 1. The van der Waals surface area contributed by atoms with Gasteiger partial charge in [0.1, 0.15) is 0 Å². The molecule has 0 aromatic carbocycles. The van der Waals surface area contributed by atoms with E-state index in [0.717, 1.165) is 83.5 Å². The van der Waals surface area contributed by atoms with Crippen LogP contribution in [0.2, 0.25) is 0 Å². The molecule has 0 rings (SSSR count). The monoisotopic (exact) mass is 746 g/mol. The number of aliphatic hydroxyl groups excluding tert-OH is 2. The molecule has 0 bridgehead atoms. The number of ether oxygens (including phenoxy) is 1. The summed E-state index contributed by atoms with van der Waals surface area (Å²) in [7, 11) is 0. The lowest BCUT2D eigenvalue weighted by Crippen LogP contribution is -2.45. The summed E-state index contributed by atoms with van der Waals surface area (Å²) in [6.07, 6.45) is 49.6. The Morgan fingerprint density at radius 1 is 0.528 bits per heavy atom. The fourth-order valence-electron chi connectivity index (χ4n) is 6.59. The summed E-state index contributed by atoms with van der Waals surface area (Å²) in [5.41, 5.74) is 0. The molecule has 0 fully saturated rings. The van der Waals surface area contributed by atoms with Crippen molar-refractivity contribution in [1.29, 1.82) is 0 Å². The predicted octanol–water partition coefficient (Wildman–Crippen LogP) is 12.9. The smallest absolute Gasteiger partial charge is 0.305 e. The number of allylic oxidation sites excluding steroid dienone is 6. The van der Waals surface area contributed by atoms with Crippen molar-refractivity contribution < 1.29 is 24.5 Å². The highest BCUT2D eigenvalue weighted by molar-refractivity contribution is 5.76. The molecule has 0 saturated heterocycles. The van der Waals surface area contributed by atoms with Crippen LogP contribution in [-0.4, -0.2) is 47.4 Å². The van der Waals surface area contributed by atoms with Gasteiger partial charge in [-0.25, -0.2) is 0 Å². The topological polar surface area (TPSA) is 95.9 Å². The molecular weight excluding hydrogens is 659 g/mol. The van der Waals surface area contributed by atoms with Crippen LogP contribution < -0.4 is 5.32 Å². The fraction of sp³-hybridized carbons (Fsp3) is 0.830. The third kappa shape index (κ3) is 39.6. The van der Waals surface area contributed by atoms with E-state index in [9.17, 15) is 19.8 Å². The van der Waals surface area contributed by atoms with Gasteiger partial charge in [0.15, 0.2) is 0 Å². The van der Waals surface area contributed by atoms with Crippen molar-refractivity contribution in [3.05, 3.63) is 36.5 Å². The molecule has 6 nitrogen and oxygen atoms in total. The first kappa shape index (κ1) is 51.1. The maximum Gasteiger partial charge on any atom is 0.305 e. The molecule has 0 aromatic heterocycles. The van der Waals surface area contributed by atoms with Gasteiger partial charge in [0.05, 0.1) is 25.4 Å². The standard InChI is InChI=1S/C47H87NO5/c1-3-5-7-9-11-13-14-15-18-21-25-29-33-37-41-47(52)53-42-38-34-30-26-22-19-16-17-20-24-28-32-36-40-46(51)48-44(43-49)45(50)39-35-31-27-23-12-10-8-6-4-2/h9,11,14-15,17,20,44-45,49-50H,3-8,10,12-13,16,18-19,21-43H2,1-2H3,(H,48,51)/b11-9-,15-14-,20-17-. The minimum Gasteiger partial charge on any atom is -0.466 e. The molecule has 310 valence electrons. The molecule has 1 amide bonds. The number of carbonyl (C=O) groups is 2. The van der Waals surface area contributed by atoms with E-state index >= 15 is 0 Å². The van der Waals surface area contributed by atoms with Crippen molar-refractivity contribution >= 4 is 11.9 Å². The Bertz CT molecular complexity index is 869. The van der Waals surface area contributed by atoms with Crippen molar-refractivity contribution in [3.8, 4) is 0 Å². The maximum absolute atomic E-state index is 12.3. The number of esters is 1. The number of rotatable bonds is 41. The zero-order chi connectivity index (χ0) is 38.7. The molecule has 0 heterocycles. The Morgan fingerprint density at radius 3 is 1.53 bits per heavy atom. The van der Waals surface area contributed by atoms with Gasteiger partial charge < -0.3 is 20.3 Å². The van der Waals surface area contributed by atoms with Crippen molar-refractivity contribution in [2.45, 2.75) is 238 Å². The quantitative estimate of drug-likeness (QED) is 0.0329. The van der Waals surface area contributed by atoms with Crippen LogP contribution in [0.1, 0.15) is 226 Å². The third-order valence-corrected chi connectivity index (χ3v) is 10.2. The van der Waals surface area contributed by atoms with E-state index in [1.54, 1.807) is 0 Å². The SMILES string of the molecule is CCCC/C=C\C/C=C\CCCCCCCC(=O)OCCCCCCCC/C=C\CCCCCC(=O)NC(CO)C(O)CCCCCCCCCCC. The molecule has 0 saturated carbocycles. The lowest BCUT2D eigenvalue weighted by Gasteiger charge is -2.22. The lowest BCUT2D eigenvalue weighted by atomic mass is 10.0. The van der Waals surface area contributed by atoms with Gasteiger partial charge in [0.25, 0.3) is 0 Å². The Balaban J connectivity index is 3.51. The molecule has 2 atom stereocenters. The number of hydrogen-bond acceptors (Lipinski definition) is 5. The zero-order valence-electron chi connectivity index (χ0n) is 35.0. The van der Waals surface area contributed by atoms with Crippen molar-refractivity contribution in [2.75, 3.05) is 13.2 Å². The number of hydrogen-bond donors (Lipinski definition) is 3. The summed E-state index contributed by atoms with van der Waals surface area (Å²) in [5, 5.41) is 23.0. The second kappa shape index (κ2) is 42.8. The fourth-order valence-corrected chi connectivity index (χ4v) is 6.59. The molecule has 0 aromatic rings. The minimum absolute atomic E-state index is 0.0286. The Kier molecular flexibility index (Phi) is 41.3. The Morgan fingerprint density at radius 2 is 0.962 bits per heavy atom. The second-order valence-electron chi connectivity index (χ2n) is 15.4. The summed E-state index contributed by atoms with van der Waals surface area (Å²) < 4.78 is 5.43. The van der Waals surface area contributed by atoms with Gasteiger partial charge in [-0.1, -0.05) is 172 Å². The van der Waals surface area contributed by atoms with Crippen LogP contribution in [0, 0.1) is 0 Å². The molecule has 53 heavy (non-hydrogen) atoms. The summed E-state index contributed by atoms with van der Waals surface area (Å²) in [6.45, 7) is 4.82. The first-order valence-corrected chi connectivity index (χ1v) is 22.7. The second-order valence-corrected chi connectivity index (χ2v) is 15.4. The molecule has 0 aliphatic heterocycles. The van der Waals surface area contributed by atoms with Crippen LogP contribution in [0.25, 0.3) is 0 Å². The van der Waals surface area contributed by atoms with Gasteiger partial charge in [-0.2, -0.15) is 0 Å².